The van der Waals surface area contributed by atoms with Crippen molar-refractivity contribution in [2.24, 2.45) is 0 Å². The summed E-state index contributed by atoms with van der Waals surface area (Å²) in [6.45, 7) is 1.68. The molecule has 4 nitrogen and oxygen atoms in total. The first-order chi connectivity index (χ1) is 5.91. The van der Waals surface area contributed by atoms with Crippen LogP contribution < -0.4 is 5.32 Å². The molecule has 1 heterocycles. The summed E-state index contributed by atoms with van der Waals surface area (Å²) in [6, 6.07) is -0.377. The maximum atomic E-state index is 11.1. The molecule has 1 N–H and O–H groups in total. The smallest absolute Gasteiger partial charge is 0.233 e. The van der Waals surface area contributed by atoms with Crippen LogP contribution in [0.2, 0.25) is 0 Å². The Bertz CT molecular complexity index is 334. The van der Waals surface area contributed by atoms with Crippen molar-refractivity contribution >= 4 is 31.7 Å². The third kappa shape index (κ3) is 3.11. The molecule has 0 saturated heterocycles. The van der Waals surface area contributed by atoms with Crippen LogP contribution in [0.4, 0.5) is 0 Å². The minimum Gasteiger partial charge on any atom is -0.348 e. The minimum atomic E-state index is -3.08. The van der Waals surface area contributed by atoms with Gasteiger partial charge in [-0.25, -0.2) is 8.42 Å². The molecule has 0 bridgehead atoms. The molecule has 2 unspecified atom stereocenters. The van der Waals surface area contributed by atoms with Gasteiger partial charge in [0.2, 0.25) is 5.91 Å². The quantitative estimate of drug-likeness (QED) is 0.727. The van der Waals surface area contributed by atoms with E-state index in [2.05, 4.69) is 21.2 Å². The van der Waals surface area contributed by atoms with Crippen molar-refractivity contribution in [1.82, 2.24) is 5.32 Å². The van der Waals surface area contributed by atoms with Crippen LogP contribution in [0, 0.1) is 0 Å². The number of hydrogen-bond donors (Lipinski definition) is 1. The van der Waals surface area contributed by atoms with Crippen molar-refractivity contribution in [2.75, 3.05) is 5.75 Å². The van der Waals surface area contributed by atoms with E-state index in [4.69, 9.17) is 0 Å². The van der Waals surface area contributed by atoms with Crippen LogP contribution in [-0.2, 0) is 14.6 Å². The minimum absolute atomic E-state index is 0.0293. The maximum Gasteiger partial charge on any atom is 0.233 e. The third-order valence-corrected chi connectivity index (χ3v) is 3.43. The van der Waals surface area contributed by atoms with Gasteiger partial charge in [-0.3, -0.25) is 4.79 Å². The van der Waals surface area contributed by atoms with E-state index < -0.39 is 9.84 Å². The van der Waals surface area contributed by atoms with Gasteiger partial charge in [-0.05, 0) is 13.0 Å². The Morgan fingerprint density at radius 2 is 2.31 bits per heavy atom. The van der Waals surface area contributed by atoms with Crippen LogP contribution in [0.25, 0.3) is 0 Å². The van der Waals surface area contributed by atoms with Crippen molar-refractivity contribution in [2.45, 2.75) is 17.8 Å². The normalized spacial score (nSPS) is 27.1. The number of carbonyl (C=O) groups excluding carboxylic acids is 1. The number of sulfone groups is 1. The molecule has 0 aromatic carbocycles. The lowest BCUT2D eigenvalue weighted by molar-refractivity contribution is -0.120. The standard InChI is InChI=1S/C7H10BrNO3S/c1-5(8)7(10)9-6-2-3-13(11,12)4-6/h2-3,5-6H,4H2,1H3,(H,9,10). The molecule has 0 spiro atoms. The Kier molecular flexibility index (Phi) is 3.13. The molecule has 0 aliphatic carbocycles. The summed E-state index contributed by atoms with van der Waals surface area (Å²) < 4.78 is 21.9. The first-order valence-electron chi connectivity index (χ1n) is 3.76. The molecule has 13 heavy (non-hydrogen) atoms. The van der Waals surface area contributed by atoms with Gasteiger partial charge in [-0.15, -0.1) is 0 Å². The summed E-state index contributed by atoms with van der Waals surface area (Å²) in [4.78, 5) is 10.8. The van der Waals surface area contributed by atoms with Crippen molar-refractivity contribution in [3.05, 3.63) is 11.5 Å². The van der Waals surface area contributed by atoms with Gasteiger partial charge < -0.3 is 5.32 Å². The molecule has 1 aliphatic rings. The Labute approximate surface area is 85.4 Å². The largest absolute Gasteiger partial charge is 0.348 e. The molecule has 0 aromatic rings. The van der Waals surface area contributed by atoms with Crippen molar-refractivity contribution in [3.8, 4) is 0 Å². The lowest BCUT2D eigenvalue weighted by Crippen LogP contribution is -2.38. The summed E-state index contributed by atoms with van der Waals surface area (Å²) in [5, 5.41) is 3.72. The fourth-order valence-corrected chi connectivity index (χ4v) is 2.33. The number of hydrogen-bond acceptors (Lipinski definition) is 3. The number of halogens is 1. The molecule has 0 aromatic heterocycles. The predicted octanol–water partition coefficient (Wildman–Crippen LogP) is 0.197. The first kappa shape index (κ1) is 10.7. The average Bonchev–Trinajstić information content (AvgIpc) is 2.30. The van der Waals surface area contributed by atoms with Crippen molar-refractivity contribution in [1.29, 1.82) is 0 Å². The molecule has 6 heteroatoms. The molecule has 2 atom stereocenters. The average molecular weight is 268 g/mol. The van der Waals surface area contributed by atoms with Gasteiger partial charge in [0.05, 0.1) is 16.6 Å². The van der Waals surface area contributed by atoms with Gasteiger partial charge >= 0.3 is 0 Å². The van der Waals surface area contributed by atoms with E-state index in [9.17, 15) is 13.2 Å². The zero-order valence-electron chi connectivity index (χ0n) is 7.03. The molecule has 0 saturated carbocycles. The topological polar surface area (TPSA) is 63.2 Å². The SMILES string of the molecule is CC(Br)C(=O)NC1C=CS(=O)(=O)C1. The van der Waals surface area contributed by atoms with Gasteiger partial charge in [0.25, 0.3) is 0 Å². The van der Waals surface area contributed by atoms with Crippen molar-refractivity contribution < 1.29 is 13.2 Å². The lowest BCUT2D eigenvalue weighted by Gasteiger charge is -2.10. The zero-order valence-corrected chi connectivity index (χ0v) is 9.43. The highest BCUT2D eigenvalue weighted by Crippen LogP contribution is 2.08. The summed E-state index contributed by atoms with van der Waals surface area (Å²) in [5.74, 6) is -0.231. The fourth-order valence-electron chi connectivity index (χ4n) is 0.963. The Hall–Kier alpha value is -0.360. The highest BCUT2D eigenvalue weighted by Gasteiger charge is 2.23. The van der Waals surface area contributed by atoms with Gasteiger partial charge in [0.1, 0.15) is 0 Å². The van der Waals surface area contributed by atoms with Crippen LogP contribution in [0.5, 0.6) is 0 Å². The second-order valence-corrected chi connectivity index (χ2v) is 6.19. The summed E-state index contributed by atoms with van der Waals surface area (Å²) in [6.07, 6.45) is 1.49. The molecule has 1 amide bonds. The molecule has 0 fully saturated rings. The summed E-state index contributed by atoms with van der Waals surface area (Å²) in [7, 11) is -3.08. The second-order valence-electron chi connectivity index (χ2n) is 2.89. The van der Waals surface area contributed by atoms with E-state index in [1.807, 2.05) is 0 Å². The molecule has 1 rings (SSSR count). The lowest BCUT2D eigenvalue weighted by atomic mass is 10.3. The van der Waals surface area contributed by atoms with E-state index in [1.165, 1.54) is 6.08 Å². The number of alkyl halides is 1. The van der Waals surface area contributed by atoms with E-state index >= 15 is 0 Å². The predicted molar refractivity (Wildman–Crippen MR) is 53.2 cm³/mol. The Balaban J connectivity index is 2.52. The third-order valence-electron chi connectivity index (χ3n) is 1.62. The maximum absolute atomic E-state index is 11.1. The van der Waals surface area contributed by atoms with Gasteiger partial charge in [0.15, 0.2) is 9.84 Å². The number of nitrogens with one attached hydrogen (secondary N) is 1. The van der Waals surface area contributed by atoms with Crippen molar-refractivity contribution in [3.63, 3.8) is 0 Å². The molecule has 1 aliphatic heterocycles. The van der Waals surface area contributed by atoms with Crippen LogP contribution in [0.15, 0.2) is 11.5 Å². The van der Waals surface area contributed by atoms with E-state index in [-0.39, 0.29) is 22.5 Å². The number of amides is 1. The Morgan fingerprint density at radius 3 is 2.69 bits per heavy atom. The highest BCUT2D eigenvalue weighted by atomic mass is 79.9. The van der Waals surface area contributed by atoms with Gasteiger partial charge in [-0.1, -0.05) is 15.9 Å². The molecular weight excluding hydrogens is 258 g/mol. The monoisotopic (exact) mass is 267 g/mol. The summed E-state index contributed by atoms with van der Waals surface area (Å²) in [5.41, 5.74) is 0. The van der Waals surface area contributed by atoms with Crippen LogP contribution in [-0.4, -0.2) is 30.9 Å². The van der Waals surface area contributed by atoms with Crippen LogP contribution in [0.1, 0.15) is 6.92 Å². The second kappa shape index (κ2) is 3.79. The van der Waals surface area contributed by atoms with E-state index in [0.29, 0.717) is 0 Å². The first-order valence-corrected chi connectivity index (χ1v) is 6.39. The van der Waals surface area contributed by atoms with E-state index in [1.54, 1.807) is 6.92 Å². The molecular formula is C7H10BrNO3S. The summed E-state index contributed by atoms with van der Waals surface area (Å²) >= 11 is 3.09. The fraction of sp³-hybridized carbons (Fsp3) is 0.571. The zero-order chi connectivity index (χ0) is 10.1. The highest BCUT2D eigenvalue weighted by molar-refractivity contribution is 9.10. The number of rotatable bonds is 2. The van der Waals surface area contributed by atoms with E-state index in [0.717, 1.165) is 5.41 Å². The van der Waals surface area contributed by atoms with Crippen LogP contribution >= 0.6 is 15.9 Å². The molecule has 74 valence electrons. The molecule has 0 radical (unpaired) electrons. The van der Waals surface area contributed by atoms with Crippen LogP contribution in [0.3, 0.4) is 0 Å². The Morgan fingerprint density at radius 1 is 1.69 bits per heavy atom. The number of carbonyl (C=O) groups is 1. The van der Waals surface area contributed by atoms with Gasteiger partial charge in [-0.2, -0.15) is 0 Å². The van der Waals surface area contributed by atoms with Gasteiger partial charge in [0, 0.05) is 5.41 Å².